The molecule has 0 aromatic carbocycles. The molecule has 80 valence electrons. The highest BCUT2D eigenvalue weighted by molar-refractivity contribution is 5.78. The van der Waals surface area contributed by atoms with Crippen molar-refractivity contribution in [3.05, 3.63) is 0 Å². The number of carbonyl (C=O) groups is 1. The Bertz CT molecular complexity index is 198. The van der Waals surface area contributed by atoms with E-state index >= 15 is 0 Å². The fraction of sp³-hybridized carbons (Fsp3) is 0.800. The van der Waals surface area contributed by atoms with E-state index in [1.807, 2.05) is 6.92 Å². The maximum absolute atomic E-state index is 11.3. The fourth-order valence-corrected chi connectivity index (χ4v) is 1.10. The zero-order valence-corrected chi connectivity index (χ0v) is 8.75. The predicted molar refractivity (Wildman–Crippen MR) is 55.3 cm³/mol. The van der Waals surface area contributed by atoms with Crippen molar-refractivity contribution < 1.29 is 4.79 Å². The van der Waals surface area contributed by atoms with Gasteiger partial charge in [0, 0.05) is 18.9 Å². The monoisotopic (exact) mass is 197 g/mol. The van der Waals surface area contributed by atoms with E-state index in [-0.39, 0.29) is 11.8 Å². The van der Waals surface area contributed by atoms with Crippen molar-refractivity contribution in [3.63, 3.8) is 0 Å². The Morgan fingerprint density at radius 3 is 2.86 bits per heavy atom. The molecule has 0 aliphatic heterocycles. The van der Waals surface area contributed by atoms with Crippen molar-refractivity contribution in [3.8, 4) is 6.07 Å². The lowest BCUT2D eigenvalue weighted by Gasteiger charge is -2.10. The Kier molecular flexibility index (Phi) is 7.86. The molecule has 0 fully saturated rings. The summed E-state index contributed by atoms with van der Waals surface area (Å²) in [5, 5.41) is 11.1. The van der Waals surface area contributed by atoms with Gasteiger partial charge in [-0.3, -0.25) is 4.79 Å². The molecule has 0 saturated carbocycles. The molecule has 14 heavy (non-hydrogen) atoms. The summed E-state index contributed by atoms with van der Waals surface area (Å²) < 4.78 is 0. The molecule has 1 unspecified atom stereocenters. The maximum Gasteiger partial charge on any atom is 0.222 e. The molecule has 3 N–H and O–H groups in total. The maximum atomic E-state index is 11.3. The average Bonchev–Trinajstić information content (AvgIpc) is 2.17. The van der Waals surface area contributed by atoms with Gasteiger partial charge in [-0.05, 0) is 25.8 Å². The Labute approximate surface area is 85.5 Å². The molecule has 0 bridgehead atoms. The molecule has 0 heterocycles. The van der Waals surface area contributed by atoms with E-state index in [0.717, 1.165) is 19.3 Å². The van der Waals surface area contributed by atoms with E-state index in [0.29, 0.717) is 19.5 Å². The molecular formula is C10H19N3O. The standard InChI is InChI=1S/C10H19N3O/c1-9(5-7-12)10(14)13-8-4-2-3-6-11/h9H,2-5,7-8,12H2,1H3,(H,13,14). The molecule has 0 saturated heterocycles. The van der Waals surface area contributed by atoms with Crippen LogP contribution in [0, 0.1) is 17.2 Å². The fourth-order valence-electron chi connectivity index (χ4n) is 1.10. The quantitative estimate of drug-likeness (QED) is 0.592. The lowest BCUT2D eigenvalue weighted by molar-refractivity contribution is -0.124. The van der Waals surface area contributed by atoms with Crippen LogP contribution in [0.5, 0.6) is 0 Å². The van der Waals surface area contributed by atoms with E-state index < -0.39 is 0 Å². The van der Waals surface area contributed by atoms with E-state index in [1.165, 1.54) is 0 Å². The van der Waals surface area contributed by atoms with Crippen LogP contribution in [0.25, 0.3) is 0 Å². The van der Waals surface area contributed by atoms with Crippen LogP contribution in [0.3, 0.4) is 0 Å². The first-order valence-electron chi connectivity index (χ1n) is 5.07. The average molecular weight is 197 g/mol. The zero-order chi connectivity index (χ0) is 10.8. The number of nitriles is 1. The normalized spacial score (nSPS) is 11.8. The van der Waals surface area contributed by atoms with Gasteiger partial charge in [-0.2, -0.15) is 5.26 Å². The molecule has 4 nitrogen and oxygen atoms in total. The molecule has 0 aliphatic carbocycles. The number of nitrogens with zero attached hydrogens (tertiary/aromatic N) is 1. The van der Waals surface area contributed by atoms with E-state index in [9.17, 15) is 4.79 Å². The molecule has 4 heteroatoms. The van der Waals surface area contributed by atoms with Gasteiger partial charge in [-0.25, -0.2) is 0 Å². The number of amides is 1. The Morgan fingerprint density at radius 2 is 2.29 bits per heavy atom. The largest absolute Gasteiger partial charge is 0.356 e. The van der Waals surface area contributed by atoms with Crippen molar-refractivity contribution in [2.75, 3.05) is 13.1 Å². The first-order chi connectivity index (χ1) is 6.72. The first-order valence-corrected chi connectivity index (χ1v) is 5.07. The van der Waals surface area contributed by atoms with Gasteiger partial charge in [-0.1, -0.05) is 6.92 Å². The Hall–Kier alpha value is -1.08. The van der Waals surface area contributed by atoms with Gasteiger partial charge >= 0.3 is 0 Å². The third-order valence-electron chi connectivity index (χ3n) is 2.06. The minimum Gasteiger partial charge on any atom is -0.356 e. The molecule has 0 aromatic rings. The van der Waals surface area contributed by atoms with Crippen LogP contribution >= 0.6 is 0 Å². The second-order valence-electron chi connectivity index (χ2n) is 3.38. The van der Waals surface area contributed by atoms with Gasteiger partial charge in [0.2, 0.25) is 5.91 Å². The highest BCUT2D eigenvalue weighted by atomic mass is 16.1. The van der Waals surface area contributed by atoms with E-state index in [1.54, 1.807) is 0 Å². The van der Waals surface area contributed by atoms with Gasteiger partial charge in [0.05, 0.1) is 6.07 Å². The van der Waals surface area contributed by atoms with Gasteiger partial charge in [0.25, 0.3) is 0 Å². The van der Waals surface area contributed by atoms with Gasteiger partial charge in [0.15, 0.2) is 0 Å². The number of rotatable bonds is 7. The van der Waals surface area contributed by atoms with Crippen LogP contribution in [-0.2, 0) is 4.79 Å². The third-order valence-corrected chi connectivity index (χ3v) is 2.06. The van der Waals surface area contributed by atoms with Crippen LogP contribution in [0.4, 0.5) is 0 Å². The van der Waals surface area contributed by atoms with Crippen molar-refractivity contribution in [2.45, 2.75) is 32.6 Å². The molecule has 1 amide bonds. The third kappa shape index (κ3) is 6.44. The first kappa shape index (κ1) is 12.9. The second-order valence-corrected chi connectivity index (χ2v) is 3.38. The molecular weight excluding hydrogens is 178 g/mol. The summed E-state index contributed by atoms with van der Waals surface area (Å²) in [5.74, 6) is 0.0587. The van der Waals surface area contributed by atoms with Gasteiger partial charge in [-0.15, -0.1) is 0 Å². The summed E-state index contributed by atoms with van der Waals surface area (Å²) in [4.78, 5) is 11.3. The Balaban J connectivity index is 3.40. The summed E-state index contributed by atoms with van der Waals surface area (Å²) in [6.07, 6.45) is 3.01. The van der Waals surface area contributed by atoms with Crippen LogP contribution in [0.2, 0.25) is 0 Å². The van der Waals surface area contributed by atoms with Crippen LogP contribution < -0.4 is 11.1 Å². The summed E-state index contributed by atoms with van der Waals surface area (Å²) in [6, 6.07) is 2.07. The minimum atomic E-state index is -0.00373. The highest BCUT2D eigenvalue weighted by Gasteiger charge is 2.10. The van der Waals surface area contributed by atoms with Crippen LogP contribution in [0.15, 0.2) is 0 Å². The molecule has 0 aliphatic rings. The van der Waals surface area contributed by atoms with Gasteiger partial charge < -0.3 is 11.1 Å². The molecule has 0 radical (unpaired) electrons. The molecule has 0 spiro atoms. The summed E-state index contributed by atoms with van der Waals surface area (Å²) >= 11 is 0. The smallest absolute Gasteiger partial charge is 0.222 e. The number of unbranched alkanes of at least 4 members (excludes halogenated alkanes) is 2. The lowest BCUT2D eigenvalue weighted by Crippen LogP contribution is -2.31. The lowest BCUT2D eigenvalue weighted by atomic mass is 10.1. The van der Waals surface area contributed by atoms with Crippen LogP contribution in [0.1, 0.15) is 32.6 Å². The number of hydrogen-bond acceptors (Lipinski definition) is 3. The van der Waals surface area contributed by atoms with Crippen molar-refractivity contribution in [1.29, 1.82) is 5.26 Å². The topological polar surface area (TPSA) is 78.9 Å². The number of nitrogens with two attached hydrogens (primary N) is 1. The Morgan fingerprint density at radius 1 is 1.57 bits per heavy atom. The molecule has 1 atom stereocenters. The number of carbonyl (C=O) groups excluding carboxylic acids is 1. The van der Waals surface area contributed by atoms with Gasteiger partial charge in [0.1, 0.15) is 0 Å². The van der Waals surface area contributed by atoms with E-state index in [2.05, 4.69) is 11.4 Å². The SMILES string of the molecule is CC(CCN)C(=O)NCCCCC#N. The van der Waals surface area contributed by atoms with Crippen molar-refractivity contribution in [2.24, 2.45) is 11.7 Å². The predicted octanol–water partition coefficient (Wildman–Crippen LogP) is 0.781. The van der Waals surface area contributed by atoms with Crippen molar-refractivity contribution in [1.82, 2.24) is 5.32 Å². The molecule has 0 rings (SSSR count). The van der Waals surface area contributed by atoms with Crippen LogP contribution in [-0.4, -0.2) is 19.0 Å². The highest BCUT2D eigenvalue weighted by Crippen LogP contribution is 2.00. The number of nitrogens with one attached hydrogen (secondary N) is 1. The number of hydrogen-bond donors (Lipinski definition) is 2. The zero-order valence-electron chi connectivity index (χ0n) is 8.75. The molecule has 0 aromatic heterocycles. The summed E-state index contributed by atoms with van der Waals surface area (Å²) in [7, 11) is 0. The van der Waals surface area contributed by atoms with Crippen molar-refractivity contribution >= 4 is 5.91 Å². The minimum absolute atomic E-state index is 0.00373. The summed E-state index contributed by atoms with van der Waals surface area (Å²) in [5.41, 5.74) is 5.35. The second kappa shape index (κ2) is 8.52. The summed E-state index contributed by atoms with van der Waals surface area (Å²) in [6.45, 7) is 3.08. The van der Waals surface area contributed by atoms with E-state index in [4.69, 9.17) is 11.0 Å².